The van der Waals surface area contributed by atoms with Crippen molar-refractivity contribution in [2.75, 3.05) is 6.54 Å². The predicted molar refractivity (Wildman–Crippen MR) is 60.7 cm³/mol. The van der Waals surface area contributed by atoms with E-state index in [4.69, 9.17) is 0 Å². The van der Waals surface area contributed by atoms with Gasteiger partial charge < -0.3 is 0 Å². The molecule has 0 fully saturated rings. The van der Waals surface area contributed by atoms with Crippen molar-refractivity contribution in [2.24, 2.45) is 4.99 Å². The molecule has 0 saturated heterocycles. The van der Waals surface area contributed by atoms with Crippen LogP contribution >= 0.6 is 11.8 Å². The molecule has 13 heavy (non-hydrogen) atoms. The first kappa shape index (κ1) is 10.3. The van der Waals surface area contributed by atoms with E-state index >= 15 is 0 Å². The molecule has 0 aliphatic rings. The summed E-state index contributed by atoms with van der Waals surface area (Å²) < 4.78 is 0. The van der Waals surface area contributed by atoms with Gasteiger partial charge in [-0.2, -0.15) is 0 Å². The van der Waals surface area contributed by atoms with Crippen LogP contribution in [0.4, 0.5) is 0 Å². The highest BCUT2D eigenvalue weighted by Crippen LogP contribution is 2.22. The van der Waals surface area contributed by atoms with Crippen LogP contribution in [0.25, 0.3) is 0 Å². The topological polar surface area (TPSA) is 12.4 Å². The van der Waals surface area contributed by atoms with Crippen LogP contribution < -0.4 is 0 Å². The molecule has 0 atom stereocenters. The summed E-state index contributed by atoms with van der Waals surface area (Å²) in [6, 6.07) is 8.39. The Morgan fingerprint density at radius 2 is 2.08 bits per heavy atom. The first-order valence-electron chi connectivity index (χ1n) is 4.48. The second-order valence-electron chi connectivity index (χ2n) is 2.86. The van der Waals surface area contributed by atoms with Crippen LogP contribution in [0.3, 0.4) is 0 Å². The lowest BCUT2D eigenvalue weighted by Crippen LogP contribution is -1.87. The van der Waals surface area contributed by atoms with Crippen molar-refractivity contribution in [3.63, 3.8) is 0 Å². The molecule has 0 bridgehead atoms. The molecule has 1 rings (SSSR count). The summed E-state index contributed by atoms with van der Waals surface area (Å²) in [4.78, 5) is 5.64. The van der Waals surface area contributed by atoms with Crippen molar-refractivity contribution in [1.29, 1.82) is 0 Å². The second kappa shape index (κ2) is 5.07. The molecule has 0 spiro atoms. The summed E-state index contributed by atoms with van der Waals surface area (Å²) in [6.07, 6.45) is 0. The number of hydrogen-bond donors (Lipinski definition) is 0. The maximum Gasteiger partial charge on any atom is 0.0692 e. The molecule has 0 saturated carbocycles. The van der Waals surface area contributed by atoms with E-state index in [1.54, 1.807) is 11.8 Å². The van der Waals surface area contributed by atoms with Crippen molar-refractivity contribution in [3.8, 4) is 0 Å². The van der Waals surface area contributed by atoms with Crippen LogP contribution in [0, 0.1) is 6.92 Å². The van der Waals surface area contributed by atoms with Gasteiger partial charge in [-0.25, -0.2) is 0 Å². The lowest BCUT2D eigenvalue weighted by atomic mass is 10.2. The molecule has 70 valence electrons. The molecule has 1 aromatic carbocycles. The van der Waals surface area contributed by atoms with E-state index in [0.29, 0.717) is 0 Å². The van der Waals surface area contributed by atoms with Gasteiger partial charge in [-0.3, -0.25) is 4.99 Å². The number of aliphatic imine (C=N–C) groups is 1. The molecule has 0 aliphatic carbocycles. The van der Waals surface area contributed by atoms with E-state index in [9.17, 15) is 0 Å². The van der Waals surface area contributed by atoms with Gasteiger partial charge in [-0.1, -0.05) is 30.0 Å². The predicted octanol–water partition coefficient (Wildman–Crippen LogP) is 3.53. The fourth-order valence-corrected chi connectivity index (χ4v) is 1.97. The molecule has 0 aliphatic heterocycles. The number of aryl methyl sites for hydroxylation is 1. The minimum Gasteiger partial charge on any atom is -0.283 e. The van der Waals surface area contributed by atoms with Crippen molar-refractivity contribution < 1.29 is 0 Å². The molecule has 1 aromatic rings. The van der Waals surface area contributed by atoms with Gasteiger partial charge in [0.25, 0.3) is 0 Å². The third-order valence-corrected chi connectivity index (χ3v) is 2.83. The van der Waals surface area contributed by atoms with Gasteiger partial charge >= 0.3 is 0 Å². The Morgan fingerprint density at radius 3 is 2.69 bits per heavy atom. The van der Waals surface area contributed by atoms with Crippen LogP contribution in [0.2, 0.25) is 0 Å². The molecule has 0 unspecified atom stereocenters. The van der Waals surface area contributed by atoms with Gasteiger partial charge in [-0.05, 0) is 32.4 Å². The normalized spacial score (nSPS) is 11.8. The number of hydrogen-bond acceptors (Lipinski definition) is 2. The molecule has 0 radical (unpaired) electrons. The molecule has 0 N–H and O–H groups in total. The van der Waals surface area contributed by atoms with Crippen molar-refractivity contribution >= 4 is 16.8 Å². The number of benzene rings is 1. The zero-order chi connectivity index (χ0) is 9.68. The first-order valence-corrected chi connectivity index (χ1v) is 5.30. The maximum absolute atomic E-state index is 4.34. The number of thioether (sulfide) groups is 1. The van der Waals surface area contributed by atoms with Crippen LogP contribution in [-0.2, 0) is 0 Å². The average Bonchev–Trinajstić information content (AvgIpc) is 2.09. The van der Waals surface area contributed by atoms with Crippen LogP contribution in [-0.4, -0.2) is 11.6 Å². The van der Waals surface area contributed by atoms with E-state index in [2.05, 4.69) is 50.0 Å². The highest BCUT2D eigenvalue weighted by atomic mass is 32.2. The molecule has 0 aromatic heterocycles. The van der Waals surface area contributed by atoms with Crippen molar-refractivity contribution in [3.05, 3.63) is 29.8 Å². The Hall–Kier alpha value is -0.760. The van der Waals surface area contributed by atoms with E-state index in [1.165, 1.54) is 10.5 Å². The molecular weight excluding hydrogens is 178 g/mol. The van der Waals surface area contributed by atoms with Gasteiger partial charge in [0.2, 0.25) is 0 Å². The monoisotopic (exact) mass is 193 g/mol. The van der Waals surface area contributed by atoms with Gasteiger partial charge in [0.15, 0.2) is 0 Å². The summed E-state index contributed by atoms with van der Waals surface area (Å²) in [6.45, 7) is 7.11. The molecule has 2 heteroatoms. The summed E-state index contributed by atoms with van der Waals surface area (Å²) in [5, 5.41) is 1.14. The minimum absolute atomic E-state index is 0.866. The lowest BCUT2D eigenvalue weighted by molar-refractivity contribution is 1.13. The summed E-state index contributed by atoms with van der Waals surface area (Å²) in [5.74, 6) is 0. The summed E-state index contributed by atoms with van der Waals surface area (Å²) in [7, 11) is 0. The third-order valence-electron chi connectivity index (χ3n) is 1.73. The Morgan fingerprint density at radius 1 is 1.38 bits per heavy atom. The summed E-state index contributed by atoms with van der Waals surface area (Å²) in [5.41, 5.74) is 1.32. The van der Waals surface area contributed by atoms with Gasteiger partial charge in [0.05, 0.1) is 5.04 Å². The Kier molecular flexibility index (Phi) is 4.03. The van der Waals surface area contributed by atoms with Gasteiger partial charge in [0, 0.05) is 11.4 Å². The Labute approximate surface area is 84.3 Å². The van der Waals surface area contributed by atoms with Gasteiger partial charge in [-0.15, -0.1) is 0 Å². The Balaban J connectivity index is 2.74. The largest absolute Gasteiger partial charge is 0.283 e. The standard InChI is InChI=1S/C11H15NS/c1-4-12-10(3)13-11-8-6-5-7-9(11)2/h5-8H,4H2,1-3H3. The average molecular weight is 193 g/mol. The van der Waals surface area contributed by atoms with E-state index in [0.717, 1.165) is 11.6 Å². The van der Waals surface area contributed by atoms with E-state index in [-0.39, 0.29) is 0 Å². The highest BCUT2D eigenvalue weighted by Gasteiger charge is 1.98. The maximum atomic E-state index is 4.34. The minimum atomic E-state index is 0.866. The first-order chi connectivity index (χ1) is 6.24. The lowest BCUT2D eigenvalue weighted by Gasteiger charge is -2.03. The van der Waals surface area contributed by atoms with Crippen LogP contribution in [0.15, 0.2) is 34.2 Å². The SMILES string of the molecule is CCN=C(C)Sc1ccccc1C. The second-order valence-corrected chi connectivity index (χ2v) is 4.10. The fourth-order valence-electron chi connectivity index (χ4n) is 1.09. The van der Waals surface area contributed by atoms with E-state index < -0.39 is 0 Å². The van der Waals surface area contributed by atoms with Crippen LogP contribution in [0.5, 0.6) is 0 Å². The zero-order valence-electron chi connectivity index (χ0n) is 8.37. The van der Waals surface area contributed by atoms with Crippen molar-refractivity contribution in [2.45, 2.75) is 25.7 Å². The van der Waals surface area contributed by atoms with Crippen LogP contribution in [0.1, 0.15) is 19.4 Å². The summed E-state index contributed by atoms with van der Waals surface area (Å²) >= 11 is 1.74. The third kappa shape index (κ3) is 3.23. The zero-order valence-corrected chi connectivity index (χ0v) is 9.19. The van der Waals surface area contributed by atoms with Gasteiger partial charge in [0.1, 0.15) is 0 Å². The molecular formula is C11H15NS. The van der Waals surface area contributed by atoms with Crippen molar-refractivity contribution in [1.82, 2.24) is 0 Å². The highest BCUT2D eigenvalue weighted by molar-refractivity contribution is 8.14. The Bertz CT molecular complexity index is 305. The smallest absolute Gasteiger partial charge is 0.0692 e. The number of nitrogens with zero attached hydrogens (tertiary/aromatic N) is 1. The fraction of sp³-hybridized carbons (Fsp3) is 0.364. The molecule has 0 heterocycles. The number of rotatable bonds is 2. The molecule has 1 nitrogen and oxygen atoms in total. The van der Waals surface area contributed by atoms with E-state index in [1.807, 2.05) is 0 Å². The molecule has 0 amide bonds. The quantitative estimate of drug-likeness (QED) is 0.397.